The van der Waals surface area contributed by atoms with Crippen LogP contribution in [0, 0.1) is 13.8 Å². The molecule has 0 bridgehead atoms. The summed E-state index contributed by atoms with van der Waals surface area (Å²) in [6, 6.07) is 17.9. The number of hydrogen-bond acceptors (Lipinski definition) is 2. The Labute approximate surface area is 181 Å². The van der Waals surface area contributed by atoms with Crippen LogP contribution in [0.4, 0.5) is 0 Å². The van der Waals surface area contributed by atoms with Gasteiger partial charge in [-0.1, -0.05) is 73.6 Å². The smallest absolute Gasteiger partial charge is 0.244 e. The van der Waals surface area contributed by atoms with Crippen molar-refractivity contribution in [1.82, 2.24) is 0 Å². The Morgan fingerprint density at radius 2 is 1.19 bits per heavy atom. The normalized spacial score (nSPS) is 13.9. The third-order valence-corrected chi connectivity index (χ3v) is 7.34. The van der Waals surface area contributed by atoms with Crippen LogP contribution in [-0.2, 0) is 5.41 Å². The quantitative estimate of drug-likeness (QED) is 0.310. The van der Waals surface area contributed by atoms with Crippen LogP contribution in [0.2, 0.25) is 0 Å². The Kier molecular flexibility index (Phi) is 3.01. The lowest BCUT2D eigenvalue weighted by atomic mass is 9.31. The molecule has 3 heteroatoms. The molecule has 3 aromatic carbocycles. The molecule has 0 aliphatic carbocycles. The Hall–Kier alpha value is -3.20. The fraction of sp³-hybridized carbons (Fsp3) is 0.214. The van der Waals surface area contributed by atoms with E-state index in [1.807, 2.05) is 0 Å². The van der Waals surface area contributed by atoms with Gasteiger partial charge in [0.05, 0.1) is 0 Å². The molecule has 2 aromatic heterocycles. The molecule has 0 saturated heterocycles. The monoisotopic (exact) mass is 402 g/mol. The molecule has 0 radical (unpaired) electrons. The number of rotatable bonds is 0. The summed E-state index contributed by atoms with van der Waals surface area (Å²) in [4.78, 5) is 0. The van der Waals surface area contributed by atoms with Gasteiger partial charge in [0.15, 0.2) is 0 Å². The maximum atomic E-state index is 6.28. The van der Waals surface area contributed by atoms with E-state index >= 15 is 0 Å². The molecule has 31 heavy (non-hydrogen) atoms. The van der Waals surface area contributed by atoms with E-state index in [4.69, 9.17) is 8.83 Å². The summed E-state index contributed by atoms with van der Waals surface area (Å²) in [7, 11) is 0. The summed E-state index contributed by atoms with van der Waals surface area (Å²) in [6.45, 7) is 11.3. The van der Waals surface area contributed by atoms with Gasteiger partial charge in [-0.2, -0.15) is 0 Å². The van der Waals surface area contributed by atoms with Crippen LogP contribution in [0.1, 0.15) is 37.9 Å². The summed E-state index contributed by atoms with van der Waals surface area (Å²) >= 11 is 0. The fourth-order valence-corrected chi connectivity index (χ4v) is 6.00. The van der Waals surface area contributed by atoms with Crippen molar-refractivity contribution in [1.29, 1.82) is 0 Å². The molecule has 0 atom stereocenters. The molecule has 7 rings (SSSR count). The Bertz CT molecular complexity index is 1480. The van der Waals surface area contributed by atoms with E-state index in [2.05, 4.69) is 83.1 Å². The Morgan fingerprint density at radius 1 is 0.710 bits per heavy atom. The van der Waals surface area contributed by atoms with Crippen molar-refractivity contribution < 1.29 is 8.83 Å². The van der Waals surface area contributed by atoms with Crippen molar-refractivity contribution >= 4 is 45.0 Å². The molecule has 0 saturated carbocycles. The predicted molar refractivity (Wildman–Crippen MR) is 130 cm³/mol. The number of fused-ring (bicyclic) bond motifs is 4. The number of furan rings is 2. The van der Waals surface area contributed by atoms with Crippen LogP contribution in [0.25, 0.3) is 44.2 Å². The fourth-order valence-electron chi connectivity index (χ4n) is 6.00. The van der Waals surface area contributed by atoms with Crippen molar-refractivity contribution in [3.63, 3.8) is 0 Å². The molecule has 150 valence electrons. The van der Waals surface area contributed by atoms with Gasteiger partial charge in [-0.05, 0) is 48.1 Å². The summed E-state index contributed by atoms with van der Waals surface area (Å²) in [6.07, 6.45) is 0. The standard InChI is InChI=1S/C28H23BO2/c1-14-23-17-12-16(28(3,4)5)13-18-24-15(2)31-22-11-7-9-20(26(22)24)29(27(17)18)19-8-6-10-21(30-14)25(19)23/h6-13H,1-5H3. The van der Waals surface area contributed by atoms with Gasteiger partial charge in [0.2, 0.25) is 6.71 Å². The molecule has 0 amide bonds. The zero-order chi connectivity index (χ0) is 21.2. The van der Waals surface area contributed by atoms with E-state index in [-0.39, 0.29) is 12.1 Å². The second-order valence-corrected chi connectivity index (χ2v) is 10.2. The molecular weight excluding hydrogens is 379 g/mol. The molecule has 0 spiro atoms. The average molecular weight is 402 g/mol. The second kappa shape index (κ2) is 5.34. The van der Waals surface area contributed by atoms with Gasteiger partial charge >= 0.3 is 0 Å². The molecule has 0 fully saturated rings. The summed E-state index contributed by atoms with van der Waals surface area (Å²) < 4.78 is 12.6. The molecule has 4 heterocycles. The summed E-state index contributed by atoms with van der Waals surface area (Å²) in [5.74, 6) is 2.00. The third kappa shape index (κ3) is 2.00. The Balaban J connectivity index is 1.77. The zero-order valence-corrected chi connectivity index (χ0v) is 18.5. The minimum absolute atomic E-state index is 0.0441. The first kappa shape index (κ1) is 17.5. The molecule has 0 N–H and O–H groups in total. The van der Waals surface area contributed by atoms with Crippen LogP contribution in [0.15, 0.2) is 57.4 Å². The van der Waals surface area contributed by atoms with E-state index in [0.717, 1.165) is 22.7 Å². The highest BCUT2D eigenvalue weighted by Gasteiger charge is 2.42. The van der Waals surface area contributed by atoms with Gasteiger partial charge in [0, 0.05) is 21.9 Å². The van der Waals surface area contributed by atoms with Crippen LogP contribution >= 0.6 is 0 Å². The van der Waals surface area contributed by atoms with Crippen LogP contribution in [0.5, 0.6) is 0 Å². The minimum atomic E-state index is 0.0441. The van der Waals surface area contributed by atoms with E-state index in [0.29, 0.717) is 0 Å². The van der Waals surface area contributed by atoms with Gasteiger partial charge in [-0.15, -0.1) is 0 Å². The molecule has 2 aliphatic rings. The number of hydrogen-bond donors (Lipinski definition) is 0. The number of aryl methyl sites for hydroxylation is 2. The zero-order valence-electron chi connectivity index (χ0n) is 18.5. The molecule has 5 aromatic rings. The van der Waals surface area contributed by atoms with Crippen molar-refractivity contribution in [3.8, 4) is 22.3 Å². The summed E-state index contributed by atoms with van der Waals surface area (Å²) in [5, 5.41) is 2.55. The van der Waals surface area contributed by atoms with Crippen molar-refractivity contribution in [3.05, 3.63) is 65.6 Å². The van der Waals surface area contributed by atoms with E-state index in [1.54, 1.807) is 0 Å². The van der Waals surface area contributed by atoms with E-state index in [9.17, 15) is 0 Å². The highest BCUT2D eigenvalue weighted by molar-refractivity contribution is 7.01. The Morgan fingerprint density at radius 3 is 1.65 bits per heavy atom. The van der Waals surface area contributed by atoms with Gasteiger partial charge in [-0.3, -0.25) is 0 Å². The maximum absolute atomic E-state index is 6.28. The lowest BCUT2D eigenvalue weighted by Gasteiger charge is -2.33. The summed E-state index contributed by atoms with van der Waals surface area (Å²) in [5.41, 5.74) is 12.6. The van der Waals surface area contributed by atoms with Gasteiger partial charge in [-0.25, -0.2) is 0 Å². The lowest BCUT2D eigenvalue weighted by molar-refractivity contribution is 0.579. The maximum Gasteiger partial charge on any atom is 0.244 e. The van der Waals surface area contributed by atoms with Gasteiger partial charge < -0.3 is 8.83 Å². The SMILES string of the molecule is Cc1oc2cccc3c2c1-c1cc(C(C)(C)C)cc2c1B3c1cccc3oc(C)c-2c13. The average Bonchev–Trinajstić information content (AvgIpc) is 3.24. The van der Waals surface area contributed by atoms with Crippen molar-refractivity contribution in [2.75, 3.05) is 0 Å². The molecule has 0 unspecified atom stereocenters. The third-order valence-electron chi connectivity index (χ3n) is 7.34. The first-order valence-corrected chi connectivity index (χ1v) is 11.1. The van der Waals surface area contributed by atoms with Gasteiger partial charge in [0.25, 0.3) is 0 Å². The van der Waals surface area contributed by atoms with E-state index < -0.39 is 0 Å². The highest BCUT2D eigenvalue weighted by atomic mass is 16.3. The molecule has 2 aliphatic heterocycles. The van der Waals surface area contributed by atoms with Crippen LogP contribution in [0.3, 0.4) is 0 Å². The first-order chi connectivity index (χ1) is 14.8. The molecule has 2 nitrogen and oxygen atoms in total. The second-order valence-electron chi connectivity index (χ2n) is 10.2. The topological polar surface area (TPSA) is 26.3 Å². The van der Waals surface area contributed by atoms with E-state index in [1.165, 1.54) is 55.0 Å². The molecular formula is C28H23BO2. The largest absolute Gasteiger partial charge is 0.461 e. The van der Waals surface area contributed by atoms with Gasteiger partial charge in [0.1, 0.15) is 22.7 Å². The van der Waals surface area contributed by atoms with Crippen molar-refractivity contribution in [2.24, 2.45) is 0 Å². The van der Waals surface area contributed by atoms with Crippen LogP contribution in [-0.4, -0.2) is 6.71 Å². The highest BCUT2D eigenvalue weighted by Crippen LogP contribution is 2.44. The van der Waals surface area contributed by atoms with Crippen molar-refractivity contribution in [2.45, 2.75) is 40.0 Å². The minimum Gasteiger partial charge on any atom is -0.461 e. The van der Waals surface area contributed by atoms with Crippen LogP contribution < -0.4 is 16.4 Å². The lowest BCUT2D eigenvalue weighted by Crippen LogP contribution is -2.57. The number of benzene rings is 3. The first-order valence-electron chi connectivity index (χ1n) is 11.1. The predicted octanol–water partition coefficient (Wildman–Crippen LogP) is 5.57.